The fourth-order valence-electron chi connectivity index (χ4n) is 1.96. The zero-order valence-electron chi connectivity index (χ0n) is 11.4. The van der Waals surface area contributed by atoms with Gasteiger partial charge < -0.3 is 10.5 Å². The minimum absolute atomic E-state index is 0.0285. The predicted molar refractivity (Wildman–Crippen MR) is 85.1 cm³/mol. The van der Waals surface area contributed by atoms with Gasteiger partial charge in [0.15, 0.2) is 0 Å². The molecule has 0 aliphatic carbocycles. The molecular formula is C15H18BrNOS. The lowest BCUT2D eigenvalue weighted by Crippen LogP contribution is -2.12. The molecule has 2 nitrogen and oxygen atoms in total. The summed E-state index contributed by atoms with van der Waals surface area (Å²) in [4.78, 5) is 2.58. The first-order chi connectivity index (χ1) is 9.01. The summed E-state index contributed by atoms with van der Waals surface area (Å²) in [5.74, 6) is 0.865. The Morgan fingerprint density at radius 1 is 1.32 bits per heavy atom. The van der Waals surface area contributed by atoms with Gasteiger partial charge in [0.05, 0.1) is 7.11 Å². The van der Waals surface area contributed by atoms with Gasteiger partial charge in [-0.1, -0.05) is 15.9 Å². The molecule has 1 unspecified atom stereocenters. The molecule has 19 heavy (non-hydrogen) atoms. The lowest BCUT2D eigenvalue weighted by molar-refractivity contribution is 0.414. The second kappa shape index (κ2) is 6.07. The molecule has 0 radical (unpaired) electrons. The van der Waals surface area contributed by atoms with Crippen LogP contribution in [0.15, 0.2) is 28.7 Å². The molecule has 4 heteroatoms. The Hall–Kier alpha value is -0.840. The van der Waals surface area contributed by atoms with Gasteiger partial charge in [-0.05, 0) is 55.7 Å². The lowest BCUT2D eigenvalue weighted by atomic mass is 10.0. The number of aryl methyl sites for hydroxylation is 2. The fraction of sp³-hybridized carbons (Fsp3) is 0.333. The summed E-state index contributed by atoms with van der Waals surface area (Å²) < 4.78 is 6.34. The molecule has 0 aliphatic heterocycles. The number of rotatable bonds is 4. The van der Waals surface area contributed by atoms with E-state index in [9.17, 15) is 0 Å². The van der Waals surface area contributed by atoms with E-state index >= 15 is 0 Å². The summed E-state index contributed by atoms with van der Waals surface area (Å²) in [6.45, 7) is 4.27. The van der Waals surface area contributed by atoms with E-state index in [1.807, 2.05) is 18.2 Å². The predicted octanol–water partition coefficient (Wildman–Crippen LogP) is 4.38. The van der Waals surface area contributed by atoms with E-state index in [1.165, 1.54) is 20.9 Å². The first-order valence-corrected chi connectivity index (χ1v) is 7.77. The molecule has 1 aromatic carbocycles. The maximum Gasteiger partial charge on any atom is 0.119 e. The van der Waals surface area contributed by atoms with Crippen LogP contribution in [0.5, 0.6) is 5.75 Å². The zero-order chi connectivity index (χ0) is 14.0. The van der Waals surface area contributed by atoms with Crippen molar-refractivity contribution in [3.05, 3.63) is 49.6 Å². The van der Waals surface area contributed by atoms with Crippen LogP contribution in [0.3, 0.4) is 0 Å². The van der Waals surface area contributed by atoms with Gasteiger partial charge in [0.2, 0.25) is 0 Å². The molecule has 1 heterocycles. The first-order valence-electron chi connectivity index (χ1n) is 6.16. The Balaban J connectivity index is 2.20. The normalized spacial score (nSPS) is 12.5. The smallest absolute Gasteiger partial charge is 0.119 e. The highest BCUT2D eigenvalue weighted by molar-refractivity contribution is 9.10. The molecule has 2 aromatic rings. The molecule has 2 rings (SSSR count). The van der Waals surface area contributed by atoms with Gasteiger partial charge in [0, 0.05) is 20.3 Å². The van der Waals surface area contributed by atoms with Gasteiger partial charge >= 0.3 is 0 Å². The van der Waals surface area contributed by atoms with Crippen molar-refractivity contribution < 1.29 is 4.74 Å². The summed E-state index contributed by atoms with van der Waals surface area (Å²) in [5.41, 5.74) is 8.81. The van der Waals surface area contributed by atoms with Crippen LogP contribution in [0.4, 0.5) is 0 Å². The van der Waals surface area contributed by atoms with Crippen LogP contribution >= 0.6 is 27.3 Å². The van der Waals surface area contributed by atoms with Crippen molar-refractivity contribution >= 4 is 27.3 Å². The molecule has 1 aromatic heterocycles. The molecule has 102 valence electrons. The van der Waals surface area contributed by atoms with E-state index < -0.39 is 0 Å². The highest BCUT2D eigenvalue weighted by Crippen LogP contribution is 2.30. The van der Waals surface area contributed by atoms with Crippen LogP contribution in [0.2, 0.25) is 0 Å². The maximum atomic E-state index is 6.32. The minimum atomic E-state index is 0.0285. The third-order valence-electron chi connectivity index (χ3n) is 3.24. The van der Waals surface area contributed by atoms with E-state index in [2.05, 4.69) is 35.8 Å². The Kier molecular flexibility index (Phi) is 4.66. The lowest BCUT2D eigenvalue weighted by Gasteiger charge is -2.12. The van der Waals surface area contributed by atoms with Gasteiger partial charge in [0.25, 0.3) is 0 Å². The average Bonchev–Trinajstić information content (AvgIpc) is 2.72. The third kappa shape index (κ3) is 3.38. The van der Waals surface area contributed by atoms with Gasteiger partial charge in [-0.3, -0.25) is 0 Å². The number of hydrogen-bond acceptors (Lipinski definition) is 3. The summed E-state index contributed by atoms with van der Waals surface area (Å²) >= 11 is 5.36. The molecule has 0 saturated carbocycles. The second-order valence-electron chi connectivity index (χ2n) is 4.66. The van der Waals surface area contributed by atoms with E-state index in [-0.39, 0.29) is 6.04 Å². The van der Waals surface area contributed by atoms with E-state index in [4.69, 9.17) is 10.5 Å². The number of ether oxygens (including phenoxy) is 1. The number of halogens is 1. The standard InChI is InChI=1S/C15H18BrNOS/c1-9-6-15(19-10(9)2)14(17)8-11-7-12(18-3)4-5-13(11)16/h4-7,14H,8,17H2,1-3H3. The Bertz CT molecular complexity index is 560. The van der Waals surface area contributed by atoms with Crippen molar-refractivity contribution in [3.63, 3.8) is 0 Å². The molecule has 0 saturated heterocycles. The van der Waals surface area contributed by atoms with E-state index in [0.717, 1.165) is 16.6 Å². The largest absolute Gasteiger partial charge is 0.497 e. The summed E-state index contributed by atoms with van der Waals surface area (Å²) in [5, 5.41) is 0. The summed E-state index contributed by atoms with van der Waals surface area (Å²) in [7, 11) is 1.68. The number of benzene rings is 1. The van der Waals surface area contributed by atoms with Crippen LogP contribution < -0.4 is 10.5 Å². The van der Waals surface area contributed by atoms with Crippen LogP contribution in [-0.4, -0.2) is 7.11 Å². The highest BCUT2D eigenvalue weighted by atomic mass is 79.9. The van der Waals surface area contributed by atoms with Gasteiger partial charge in [-0.15, -0.1) is 11.3 Å². The molecular weight excluding hydrogens is 322 g/mol. The summed E-state index contributed by atoms with van der Waals surface area (Å²) in [6.07, 6.45) is 0.803. The number of methoxy groups -OCH3 is 1. The van der Waals surface area contributed by atoms with Gasteiger partial charge in [-0.25, -0.2) is 0 Å². The van der Waals surface area contributed by atoms with Crippen LogP contribution in [0.1, 0.15) is 26.9 Å². The minimum Gasteiger partial charge on any atom is -0.497 e. The van der Waals surface area contributed by atoms with Crippen molar-refractivity contribution in [2.45, 2.75) is 26.3 Å². The number of thiophene rings is 1. The highest BCUT2D eigenvalue weighted by Gasteiger charge is 2.13. The molecule has 0 amide bonds. The van der Waals surface area contributed by atoms with Crippen LogP contribution in [-0.2, 0) is 6.42 Å². The maximum absolute atomic E-state index is 6.32. The number of hydrogen-bond donors (Lipinski definition) is 1. The van der Waals surface area contributed by atoms with E-state index in [0.29, 0.717) is 0 Å². The molecule has 0 spiro atoms. The zero-order valence-corrected chi connectivity index (χ0v) is 13.8. The van der Waals surface area contributed by atoms with Crippen molar-refractivity contribution in [2.24, 2.45) is 5.73 Å². The molecule has 0 aliphatic rings. The Morgan fingerprint density at radius 2 is 2.05 bits per heavy atom. The molecule has 0 fully saturated rings. The van der Waals surface area contributed by atoms with Gasteiger partial charge in [0.1, 0.15) is 5.75 Å². The van der Waals surface area contributed by atoms with Crippen molar-refractivity contribution in [2.75, 3.05) is 7.11 Å². The first kappa shape index (κ1) is 14.6. The Morgan fingerprint density at radius 3 is 2.63 bits per heavy atom. The topological polar surface area (TPSA) is 35.2 Å². The molecule has 0 bridgehead atoms. The second-order valence-corrected chi connectivity index (χ2v) is 6.80. The number of nitrogens with two attached hydrogens (primary N) is 1. The Labute approximate surface area is 126 Å². The van der Waals surface area contributed by atoms with E-state index in [1.54, 1.807) is 18.4 Å². The fourth-order valence-corrected chi connectivity index (χ4v) is 3.41. The average molecular weight is 340 g/mol. The summed E-state index contributed by atoms with van der Waals surface area (Å²) in [6, 6.07) is 8.21. The SMILES string of the molecule is COc1ccc(Br)c(CC(N)c2cc(C)c(C)s2)c1. The van der Waals surface area contributed by atoms with Crippen molar-refractivity contribution in [3.8, 4) is 5.75 Å². The van der Waals surface area contributed by atoms with Crippen LogP contribution in [0.25, 0.3) is 0 Å². The van der Waals surface area contributed by atoms with Crippen molar-refractivity contribution in [1.82, 2.24) is 0 Å². The molecule has 2 N–H and O–H groups in total. The van der Waals surface area contributed by atoms with Crippen molar-refractivity contribution in [1.29, 1.82) is 0 Å². The quantitative estimate of drug-likeness (QED) is 0.897. The third-order valence-corrected chi connectivity index (χ3v) is 5.30. The monoisotopic (exact) mass is 339 g/mol. The van der Waals surface area contributed by atoms with Gasteiger partial charge in [-0.2, -0.15) is 0 Å². The van der Waals surface area contributed by atoms with Crippen LogP contribution in [0, 0.1) is 13.8 Å². The molecule has 1 atom stereocenters.